The normalized spacial score (nSPS) is 11.5. The van der Waals surface area contributed by atoms with Crippen molar-refractivity contribution in [1.29, 1.82) is 5.26 Å². The molecule has 0 fully saturated rings. The molecular weight excluding hydrogens is 190 g/mol. The number of ether oxygens (including phenoxy) is 1. The molecule has 1 unspecified atom stereocenters. The van der Waals surface area contributed by atoms with Crippen LogP contribution in [-0.2, 0) is 4.79 Å². The number of hydrogen-bond donors (Lipinski definition) is 0. The molecule has 0 heterocycles. The minimum atomic E-state index is -0.257. The highest BCUT2D eigenvalue weighted by molar-refractivity contribution is 5.74. The van der Waals surface area contributed by atoms with E-state index in [9.17, 15) is 4.79 Å². The Morgan fingerprint density at radius 3 is 2.93 bits per heavy atom. The highest BCUT2D eigenvalue weighted by Gasteiger charge is 2.12. The Hall–Kier alpha value is -1.82. The summed E-state index contributed by atoms with van der Waals surface area (Å²) in [7, 11) is 0. The van der Waals surface area contributed by atoms with Crippen LogP contribution in [0.15, 0.2) is 24.3 Å². The van der Waals surface area contributed by atoms with Gasteiger partial charge >= 0.3 is 5.97 Å². The maximum atomic E-state index is 11.4. The fraction of sp³-hybridized carbons (Fsp3) is 0.333. The zero-order chi connectivity index (χ0) is 11.3. The highest BCUT2D eigenvalue weighted by atomic mass is 16.5. The van der Waals surface area contributed by atoms with Gasteiger partial charge in [-0.15, -0.1) is 0 Å². The molecule has 0 N–H and O–H groups in total. The molecule has 1 aromatic rings. The van der Waals surface area contributed by atoms with Crippen molar-refractivity contribution in [2.75, 3.05) is 0 Å². The Kier molecular flexibility index (Phi) is 3.87. The quantitative estimate of drug-likeness (QED) is 0.560. The summed E-state index contributed by atoms with van der Waals surface area (Å²) in [5.41, 5.74) is 0.490. The number of nitriles is 1. The van der Waals surface area contributed by atoms with Crippen LogP contribution >= 0.6 is 0 Å². The van der Waals surface area contributed by atoms with Crippen molar-refractivity contribution in [2.24, 2.45) is 5.92 Å². The van der Waals surface area contributed by atoms with Crippen molar-refractivity contribution in [3.05, 3.63) is 29.8 Å². The summed E-state index contributed by atoms with van der Waals surface area (Å²) in [5, 5.41) is 8.66. The Bertz CT molecular complexity index is 393. The lowest BCUT2D eigenvalue weighted by molar-refractivity contribution is -0.138. The maximum Gasteiger partial charge on any atom is 0.314 e. The lowest BCUT2D eigenvalue weighted by Crippen LogP contribution is -2.16. The van der Waals surface area contributed by atoms with Gasteiger partial charge in [0.15, 0.2) is 0 Å². The summed E-state index contributed by atoms with van der Waals surface area (Å²) in [5.74, 6) is 0.0580. The second-order valence-electron chi connectivity index (χ2n) is 3.37. The van der Waals surface area contributed by atoms with E-state index in [4.69, 9.17) is 10.00 Å². The van der Waals surface area contributed by atoms with E-state index in [-0.39, 0.29) is 11.9 Å². The second kappa shape index (κ2) is 5.16. The van der Waals surface area contributed by atoms with E-state index in [1.54, 1.807) is 24.3 Å². The predicted molar refractivity (Wildman–Crippen MR) is 56.2 cm³/mol. The standard InChI is InChI=1S/C12H13NO2/c1-3-9(2)12(14)15-11-6-4-5-10(7-11)8-13/h4-7,9H,3H2,1-2H3. The predicted octanol–water partition coefficient (Wildman–Crippen LogP) is 2.51. The lowest BCUT2D eigenvalue weighted by Gasteiger charge is -2.08. The molecule has 0 amide bonds. The minimum absolute atomic E-state index is 0.115. The summed E-state index contributed by atoms with van der Waals surface area (Å²) in [6.07, 6.45) is 0.747. The minimum Gasteiger partial charge on any atom is -0.426 e. The number of carbonyl (C=O) groups is 1. The smallest absolute Gasteiger partial charge is 0.314 e. The molecule has 0 bridgehead atoms. The number of carbonyl (C=O) groups excluding carboxylic acids is 1. The lowest BCUT2D eigenvalue weighted by atomic mass is 10.1. The van der Waals surface area contributed by atoms with Gasteiger partial charge in [-0.1, -0.05) is 19.9 Å². The average molecular weight is 203 g/mol. The third-order valence-corrected chi connectivity index (χ3v) is 2.20. The first-order chi connectivity index (χ1) is 7.17. The molecule has 3 heteroatoms. The van der Waals surface area contributed by atoms with Crippen LogP contribution in [0.25, 0.3) is 0 Å². The van der Waals surface area contributed by atoms with Crippen molar-refractivity contribution in [3.8, 4) is 11.8 Å². The van der Waals surface area contributed by atoms with E-state index >= 15 is 0 Å². The van der Waals surface area contributed by atoms with Crippen molar-refractivity contribution in [1.82, 2.24) is 0 Å². The first kappa shape index (κ1) is 11.3. The molecule has 0 spiro atoms. The molecule has 0 aliphatic carbocycles. The van der Waals surface area contributed by atoms with E-state index in [0.717, 1.165) is 6.42 Å². The van der Waals surface area contributed by atoms with Crippen LogP contribution in [0.3, 0.4) is 0 Å². The Morgan fingerprint density at radius 2 is 2.33 bits per heavy atom. The summed E-state index contributed by atoms with van der Waals surface area (Å²) < 4.78 is 5.12. The third-order valence-electron chi connectivity index (χ3n) is 2.20. The van der Waals surface area contributed by atoms with Crippen LogP contribution in [-0.4, -0.2) is 5.97 Å². The van der Waals surface area contributed by atoms with Crippen LogP contribution in [0.4, 0.5) is 0 Å². The number of benzene rings is 1. The second-order valence-corrected chi connectivity index (χ2v) is 3.37. The van der Waals surface area contributed by atoms with E-state index < -0.39 is 0 Å². The Balaban J connectivity index is 2.73. The SMILES string of the molecule is CCC(C)C(=O)Oc1cccc(C#N)c1. The number of esters is 1. The van der Waals surface area contributed by atoms with Gasteiger partial charge in [-0.05, 0) is 24.6 Å². The fourth-order valence-corrected chi connectivity index (χ4v) is 1.01. The van der Waals surface area contributed by atoms with Crippen LogP contribution in [0.5, 0.6) is 5.75 Å². The van der Waals surface area contributed by atoms with Crippen molar-refractivity contribution in [3.63, 3.8) is 0 Å². The van der Waals surface area contributed by atoms with Crippen LogP contribution < -0.4 is 4.74 Å². The monoisotopic (exact) mass is 203 g/mol. The average Bonchev–Trinajstić information content (AvgIpc) is 2.28. The molecule has 0 aliphatic heterocycles. The highest BCUT2D eigenvalue weighted by Crippen LogP contribution is 2.15. The van der Waals surface area contributed by atoms with Gasteiger partial charge in [0.25, 0.3) is 0 Å². The van der Waals surface area contributed by atoms with Gasteiger partial charge in [0, 0.05) is 0 Å². The van der Waals surface area contributed by atoms with Crippen molar-refractivity contribution < 1.29 is 9.53 Å². The first-order valence-corrected chi connectivity index (χ1v) is 4.89. The molecule has 1 rings (SSSR count). The Labute approximate surface area is 89.3 Å². The largest absolute Gasteiger partial charge is 0.426 e. The van der Waals surface area contributed by atoms with Gasteiger partial charge in [0.05, 0.1) is 17.6 Å². The topological polar surface area (TPSA) is 50.1 Å². The Morgan fingerprint density at radius 1 is 1.60 bits per heavy atom. The van der Waals surface area contributed by atoms with E-state index in [0.29, 0.717) is 11.3 Å². The fourth-order valence-electron chi connectivity index (χ4n) is 1.01. The number of nitrogens with zero attached hydrogens (tertiary/aromatic N) is 1. The van der Waals surface area contributed by atoms with Gasteiger partial charge in [-0.25, -0.2) is 0 Å². The molecule has 3 nitrogen and oxygen atoms in total. The van der Waals surface area contributed by atoms with Gasteiger partial charge in [0.2, 0.25) is 0 Å². The molecule has 0 aliphatic rings. The third kappa shape index (κ3) is 3.10. The van der Waals surface area contributed by atoms with Gasteiger partial charge in [-0.2, -0.15) is 5.26 Å². The van der Waals surface area contributed by atoms with Crippen molar-refractivity contribution in [2.45, 2.75) is 20.3 Å². The van der Waals surface area contributed by atoms with Crippen LogP contribution in [0, 0.1) is 17.2 Å². The van der Waals surface area contributed by atoms with Crippen molar-refractivity contribution >= 4 is 5.97 Å². The molecule has 0 radical (unpaired) electrons. The zero-order valence-corrected chi connectivity index (χ0v) is 8.86. The molecular formula is C12H13NO2. The maximum absolute atomic E-state index is 11.4. The molecule has 0 aromatic heterocycles. The number of hydrogen-bond acceptors (Lipinski definition) is 3. The van der Waals surface area contributed by atoms with Gasteiger partial charge in [0.1, 0.15) is 5.75 Å². The van der Waals surface area contributed by atoms with Gasteiger partial charge in [-0.3, -0.25) is 4.79 Å². The van der Waals surface area contributed by atoms with E-state index in [2.05, 4.69) is 0 Å². The van der Waals surface area contributed by atoms with E-state index in [1.165, 1.54) is 0 Å². The molecule has 15 heavy (non-hydrogen) atoms. The van der Waals surface area contributed by atoms with Crippen LogP contribution in [0.2, 0.25) is 0 Å². The first-order valence-electron chi connectivity index (χ1n) is 4.89. The number of rotatable bonds is 3. The summed E-state index contributed by atoms with van der Waals surface area (Å²) in [6, 6.07) is 8.58. The van der Waals surface area contributed by atoms with Gasteiger partial charge < -0.3 is 4.74 Å². The zero-order valence-electron chi connectivity index (χ0n) is 8.86. The molecule has 0 saturated heterocycles. The van der Waals surface area contributed by atoms with E-state index in [1.807, 2.05) is 19.9 Å². The summed E-state index contributed by atoms with van der Waals surface area (Å²) >= 11 is 0. The summed E-state index contributed by atoms with van der Waals surface area (Å²) in [4.78, 5) is 11.4. The molecule has 1 aromatic carbocycles. The molecule has 1 atom stereocenters. The molecule has 0 saturated carbocycles. The molecule has 78 valence electrons. The van der Waals surface area contributed by atoms with Crippen LogP contribution in [0.1, 0.15) is 25.8 Å². The summed E-state index contributed by atoms with van der Waals surface area (Å²) in [6.45, 7) is 3.74.